The van der Waals surface area contributed by atoms with Gasteiger partial charge in [-0.15, -0.1) is 5.10 Å². The van der Waals surface area contributed by atoms with Crippen molar-refractivity contribution in [2.45, 2.75) is 12.6 Å². The summed E-state index contributed by atoms with van der Waals surface area (Å²) in [6.45, 7) is 0.492. The van der Waals surface area contributed by atoms with Crippen LogP contribution in [-0.2, 0) is 11.3 Å². The van der Waals surface area contributed by atoms with Gasteiger partial charge >= 0.3 is 0 Å². The van der Waals surface area contributed by atoms with Gasteiger partial charge in [-0.3, -0.25) is 14.7 Å². The second kappa shape index (κ2) is 7.56. The van der Waals surface area contributed by atoms with Crippen molar-refractivity contribution in [2.75, 3.05) is 18.6 Å². The Morgan fingerprint density at radius 1 is 1.29 bits per heavy atom. The van der Waals surface area contributed by atoms with Gasteiger partial charge in [-0.1, -0.05) is 35.5 Å². The summed E-state index contributed by atoms with van der Waals surface area (Å²) in [6.07, 6.45) is 3.23. The number of benzene rings is 2. The maximum Gasteiger partial charge on any atom is 0.274 e. The Kier molecular flexibility index (Phi) is 4.58. The molecule has 5 rings (SSSR count). The SMILES string of the molecule is CN1C(=O)[C@@H](NC(=O)c2cn(Cc3ccccc3)nn2)COc2cc3[nH]ncc3cc21. The van der Waals surface area contributed by atoms with Gasteiger partial charge in [-0.25, -0.2) is 4.68 Å². The van der Waals surface area contributed by atoms with Crippen molar-refractivity contribution in [1.82, 2.24) is 30.5 Å². The number of nitrogens with zero attached hydrogens (tertiary/aromatic N) is 5. The molecule has 156 valence electrons. The van der Waals surface area contributed by atoms with E-state index in [0.29, 0.717) is 18.0 Å². The van der Waals surface area contributed by atoms with Crippen LogP contribution in [0.3, 0.4) is 0 Å². The molecule has 2 aromatic heterocycles. The maximum absolute atomic E-state index is 13.0. The van der Waals surface area contributed by atoms with Crippen LogP contribution in [0.2, 0.25) is 0 Å². The second-order valence-electron chi connectivity index (χ2n) is 7.30. The van der Waals surface area contributed by atoms with Gasteiger partial charge in [-0.05, 0) is 11.6 Å². The Morgan fingerprint density at radius 3 is 2.97 bits per heavy atom. The van der Waals surface area contributed by atoms with Gasteiger partial charge in [0.25, 0.3) is 11.8 Å². The van der Waals surface area contributed by atoms with Crippen molar-refractivity contribution in [3.8, 4) is 5.75 Å². The molecule has 10 heteroatoms. The fourth-order valence-corrected chi connectivity index (χ4v) is 3.52. The first kappa shape index (κ1) is 18.8. The number of fused-ring (bicyclic) bond motifs is 2. The second-order valence-corrected chi connectivity index (χ2v) is 7.30. The van der Waals surface area contributed by atoms with Crippen LogP contribution in [0, 0.1) is 0 Å². The average Bonchev–Trinajstić information content (AvgIpc) is 3.42. The summed E-state index contributed by atoms with van der Waals surface area (Å²) in [7, 11) is 1.65. The van der Waals surface area contributed by atoms with Gasteiger partial charge in [0, 0.05) is 18.5 Å². The number of hydrogen-bond donors (Lipinski definition) is 2. The third-order valence-corrected chi connectivity index (χ3v) is 5.18. The van der Waals surface area contributed by atoms with E-state index in [9.17, 15) is 9.59 Å². The van der Waals surface area contributed by atoms with E-state index in [1.807, 2.05) is 36.4 Å². The summed E-state index contributed by atoms with van der Waals surface area (Å²) in [4.78, 5) is 27.1. The van der Waals surface area contributed by atoms with E-state index < -0.39 is 11.9 Å². The highest BCUT2D eigenvalue weighted by Gasteiger charge is 2.31. The molecule has 0 radical (unpaired) electrons. The number of carbonyl (C=O) groups excluding carboxylic acids is 2. The first-order chi connectivity index (χ1) is 15.1. The van der Waals surface area contributed by atoms with Gasteiger partial charge in [0.05, 0.1) is 30.1 Å². The standard InChI is InChI=1S/C21H19N7O3/c1-27-18-7-14-9-22-24-15(14)8-19(18)31-12-17(21(27)30)23-20(29)16-11-28(26-25-16)10-13-5-3-2-4-6-13/h2-9,11,17H,10,12H2,1H3,(H,22,24)(H,23,29)/t17-/m0/s1. The number of anilines is 1. The zero-order chi connectivity index (χ0) is 21.4. The molecule has 3 heterocycles. The normalized spacial score (nSPS) is 16.0. The topological polar surface area (TPSA) is 118 Å². The summed E-state index contributed by atoms with van der Waals surface area (Å²) < 4.78 is 7.41. The molecule has 0 saturated heterocycles. The number of carbonyl (C=O) groups is 2. The lowest BCUT2D eigenvalue weighted by Crippen LogP contribution is -2.49. The van der Waals surface area contributed by atoms with Crippen LogP contribution in [0.25, 0.3) is 10.9 Å². The zero-order valence-corrected chi connectivity index (χ0v) is 16.6. The van der Waals surface area contributed by atoms with Gasteiger partial charge < -0.3 is 15.0 Å². The Morgan fingerprint density at radius 2 is 2.13 bits per heavy atom. The van der Waals surface area contributed by atoms with E-state index in [-0.39, 0.29) is 18.2 Å². The molecule has 0 fully saturated rings. The summed E-state index contributed by atoms with van der Waals surface area (Å²) in [5.41, 5.74) is 2.59. The van der Waals surface area contributed by atoms with Crippen molar-refractivity contribution >= 4 is 28.4 Å². The molecule has 2 amide bonds. The van der Waals surface area contributed by atoms with E-state index in [1.165, 1.54) is 4.90 Å². The number of nitrogens with one attached hydrogen (secondary N) is 2. The highest BCUT2D eigenvalue weighted by atomic mass is 16.5. The number of amides is 2. The van der Waals surface area contributed by atoms with Crippen molar-refractivity contribution in [2.24, 2.45) is 0 Å². The minimum atomic E-state index is -0.861. The summed E-state index contributed by atoms with van der Waals surface area (Å²) >= 11 is 0. The number of ether oxygens (including phenoxy) is 1. The van der Waals surface area contributed by atoms with E-state index in [4.69, 9.17) is 4.74 Å². The monoisotopic (exact) mass is 417 g/mol. The molecular formula is C21H19N7O3. The summed E-state index contributed by atoms with van der Waals surface area (Å²) in [5, 5.41) is 18.4. The number of aromatic amines is 1. The highest BCUT2D eigenvalue weighted by molar-refractivity contribution is 6.04. The van der Waals surface area contributed by atoms with Crippen LogP contribution < -0.4 is 15.0 Å². The van der Waals surface area contributed by atoms with Crippen LogP contribution in [-0.4, -0.2) is 56.7 Å². The fourth-order valence-electron chi connectivity index (χ4n) is 3.52. The Bertz CT molecular complexity index is 1260. The van der Waals surface area contributed by atoms with Crippen LogP contribution in [0.5, 0.6) is 5.75 Å². The predicted octanol–water partition coefficient (Wildman–Crippen LogP) is 1.36. The number of hydrogen-bond acceptors (Lipinski definition) is 6. The summed E-state index contributed by atoms with van der Waals surface area (Å²) in [5.74, 6) is -0.235. The van der Waals surface area contributed by atoms with Crippen LogP contribution >= 0.6 is 0 Å². The maximum atomic E-state index is 13.0. The molecule has 0 aliphatic carbocycles. The quantitative estimate of drug-likeness (QED) is 0.518. The predicted molar refractivity (Wildman–Crippen MR) is 112 cm³/mol. The minimum absolute atomic E-state index is 0.000288. The molecule has 31 heavy (non-hydrogen) atoms. The number of likely N-dealkylation sites (N-methyl/N-ethyl adjacent to an activating group) is 1. The van der Waals surface area contributed by atoms with Crippen molar-refractivity contribution in [3.63, 3.8) is 0 Å². The molecule has 2 aromatic carbocycles. The first-order valence-corrected chi connectivity index (χ1v) is 9.71. The van der Waals surface area contributed by atoms with Crippen LogP contribution in [0.1, 0.15) is 16.1 Å². The smallest absolute Gasteiger partial charge is 0.274 e. The van der Waals surface area contributed by atoms with Gasteiger partial charge in [-0.2, -0.15) is 5.10 Å². The molecule has 1 atom stereocenters. The molecule has 1 aliphatic heterocycles. The molecule has 2 N–H and O–H groups in total. The Hall–Kier alpha value is -4.21. The fraction of sp³-hybridized carbons (Fsp3) is 0.190. The lowest BCUT2D eigenvalue weighted by Gasteiger charge is -2.20. The molecular weight excluding hydrogens is 398 g/mol. The zero-order valence-electron chi connectivity index (χ0n) is 16.6. The molecule has 4 aromatic rings. The molecule has 10 nitrogen and oxygen atoms in total. The number of rotatable bonds is 4. The molecule has 1 aliphatic rings. The lowest BCUT2D eigenvalue weighted by atomic mass is 10.2. The van der Waals surface area contributed by atoms with Gasteiger partial charge in [0.15, 0.2) is 5.69 Å². The largest absolute Gasteiger partial charge is 0.489 e. The van der Waals surface area contributed by atoms with Gasteiger partial charge in [0.1, 0.15) is 18.4 Å². The first-order valence-electron chi connectivity index (χ1n) is 9.71. The van der Waals surface area contributed by atoms with E-state index in [0.717, 1.165) is 16.5 Å². The number of H-pyrrole nitrogens is 1. The van der Waals surface area contributed by atoms with E-state index in [2.05, 4.69) is 25.8 Å². The molecule has 0 bridgehead atoms. The van der Waals surface area contributed by atoms with Crippen molar-refractivity contribution in [3.05, 3.63) is 66.1 Å². The van der Waals surface area contributed by atoms with E-state index in [1.54, 1.807) is 30.2 Å². The third kappa shape index (κ3) is 3.59. The van der Waals surface area contributed by atoms with Crippen LogP contribution in [0.4, 0.5) is 5.69 Å². The van der Waals surface area contributed by atoms with Gasteiger partial charge in [0.2, 0.25) is 0 Å². The Balaban J connectivity index is 1.31. The Labute approximate surface area is 176 Å². The highest BCUT2D eigenvalue weighted by Crippen LogP contribution is 2.34. The van der Waals surface area contributed by atoms with Crippen molar-refractivity contribution in [1.29, 1.82) is 0 Å². The third-order valence-electron chi connectivity index (χ3n) is 5.18. The lowest BCUT2D eigenvalue weighted by molar-refractivity contribution is -0.120. The van der Waals surface area contributed by atoms with Crippen molar-refractivity contribution < 1.29 is 14.3 Å². The minimum Gasteiger partial charge on any atom is -0.489 e. The molecule has 0 saturated carbocycles. The molecule has 0 unspecified atom stereocenters. The molecule has 0 spiro atoms. The number of aromatic nitrogens is 5. The van der Waals surface area contributed by atoms with E-state index >= 15 is 0 Å². The average molecular weight is 417 g/mol. The summed E-state index contributed by atoms with van der Waals surface area (Å²) in [6, 6.07) is 12.5. The van der Waals surface area contributed by atoms with Crippen LogP contribution in [0.15, 0.2) is 54.9 Å².